The van der Waals surface area contributed by atoms with Crippen LogP contribution in [0, 0.1) is 11.3 Å². The minimum Gasteiger partial charge on any atom is -0.492 e. The Morgan fingerprint density at radius 1 is 1.03 bits per heavy atom. The van der Waals surface area contributed by atoms with Crippen LogP contribution in [0.5, 0.6) is 5.75 Å². The third-order valence-electron chi connectivity index (χ3n) is 5.14. The van der Waals surface area contributed by atoms with Crippen LogP contribution in [0.25, 0.3) is 11.1 Å². The van der Waals surface area contributed by atoms with Gasteiger partial charge in [-0.15, -0.1) is 0 Å². The quantitative estimate of drug-likeness (QED) is 0.602. The summed E-state index contributed by atoms with van der Waals surface area (Å²) in [5, 5.41) is 15.1. The van der Waals surface area contributed by atoms with E-state index in [1.807, 2.05) is 36.4 Å². The molecule has 4 rings (SSSR count). The van der Waals surface area contributed by atoms with E-state index in [1.165, 1.54) is 0 Å². The Morgan fingerprint density at radius 2 is 1.81 bits per heavy atom. The minimum absolute atomic E-state index is 0.0292. The van der Waals surface area contributed by atoms with Gasteiger partial charge in [0.05, 0.1) is 18.2 Å². The maximum absolute atomic E-state index is 12.8. The lowest BCUT2D eigenvalue weighted by Crippen LogP contribution is -2.28. The Balaban J connectivity index is 1.38. The van der Waals surface area contributed by atoms with Crippen molar-refractivity contribution in [3.8, 4) is 22.9 Å². The van der Waals surface area contributed by atoms with Gasteiger partial charge < -0.3 is 15.4 Å². The number of carbonyl (C=O) groups is 2. The first-order chi connectivity index (χ1) is 15.2. The number of nitrogens with one attached hydrogen (secondary N) is 2. The standard InChI is InChI=1S/C25H21N3O3/c26-16-18-5-1-2-6-20(18)21-7-3-4-8-22(21)25(30)27-13-14-31-19-10-11-23-17(15-19)9-12-24(29)28-23/h1-8,10-11,15H,9,12-14H2,(H,27,30)(H,28,29). The van der Waals surface area contributed by atoms with Crippen LogP contribution >= 0.6 is 0 Å². The smallest absolute Gasteiger partial charge is 0.252 e. The van der Waals surface area contributed by atoms with Crippen molar-refractivity contribution in [3.05, 3.63) is 83.4 Å². The molecule has 31 heavy (non-hydrogen) atoms. The largest absolute Gasteiger partial charge is 0.492 e. The van der Waals surface area contributed by atoms with Gasteiger partial charge >= 0.3 is 0 Å². The number of amides is 2. The van der Waals surface area contributed by atoms with Crippen LogP contribution in [0.15, 0.2) is 66.7 Å². The maximum Gasteiger partial charge on any atom is 0.252 e. The molecular formula is C25H21N3O3. The van der Waals surface area contributed by atoms with E-state index in [0.717, 1.165) is 22.4 Å². The number of nitrogens with zero attached hydrogens (tertiary/aromatic N) is 1. The number of anilines is 1. The molecule has 0 aromatic heterocycles. The summed E-state index contributed by atoms with van der Waals surface area (Å²) in [5.41, 5.74) is 4.35. The first kappa shape index (κ1) is 20.2. The van der Waals surface area contributed by atoms with E-state index in [9.17, 15) is 14.9 Å². The van der Waals surface area contributed by atoms with Gasteiger partial charge in [-0.1, -0.05) is 36.4 Å². The highest BCUT2D eigenvalue weighted by molar-refractivity contribution is 6.01. The van der Waals surface area contributed by atoms with Crippen molar-refractivity contribution in [1.82, 2.24) is 5.32 Å². The summed E-state index contributed by atoms with van der Waals surface area (Å²) in [6.07, 6.45) is 1.16. The summed E-state index contributed by atoms with van der Waals surface area (Å²) in [4.78, 5) is 24.2. The molecule has 2 amide bonds. The second kappa shape index (κ2) is 9.14. The molecule has 0 bridgehead atoms. The van der Waals surface area contributed by atoms with E-state index in [4.69, 9.17) is 4.74 Å². The van der Waals surface area contributed by atoms with Gasteiger partial charge in [0.2, 0.25) is 5.91 Å². The van der Waals surface area contributed by atoms with Crippen molar-refractivity contribution in [1.29, 1.82) is 5.26 Å². The number of benzene rings is 3. The first-order valence-electron chi connectivity index (χ1n) is 10.1. The highest BCUT2D eigenvalue weighted by atomic mass is 16.5. The van der Waals surface area contributed by atoms with E-state index in [2.05, 4.69) is 16.7 Å². The van der Waals surface area contributed by atoms with Crippen LogP contribution in [0.4, 0.5) is 5.69 Å². The molecule has 1 aliphatic heterocycles. The SMILES string of the molecule is N#Cc1ccccc1-c1ccccc1C(=O)NCCOc1ccc2c(c1)CCC(=O)N2. The number of rotatable bonds is 6. The third kappa shape index (κ3) is 4.57. The molecule has 0 saturated heterocycles. The van der Waals surface area contributed by atoms with Crippen molar-refractivity contribution in [3.63, 3.8) is 0 Å². The molecule has 0 aliphatic carbocycles. The van der Waals surface area contributed by atoms with Gasteiger partial charge in [-0.25, -0.2) is 0 Å². The molecule has 0 unspecified atom stereocenters. The summed E-state index contributed by atoms with van der Waals surface area (Å²) in [6.45, 7) is 0.648. The lowest BCUT2D eigenvalue weighted by Gasteiger charge is -2.17. The molecule has 0 spiro atoms. The van der Waals surface area contributed by atoms with Crippen LogP contribution in [0.3, 0.4) is 0 Å². The van der Waals surface area contributed by atoms with Gasteiger partial charge in [0.1, 0.15) is 12.4 Å². The number of hydrogen-bond acceptors (Lipinski definition) is 4. The van der Waals surface area contributed by atoms with Gasteiger partial charge in [-0.3, -0.25) is 9.59 Å². The predicted octanol–water partition coefficient (Wildman–Crippen LogP) is 3.92. The second-order valence-corrected chi connectivity index (χ2v) is 7.17. The normalized spacial score (nSPS) is 12.3. The van der Waals surface area contributed by atoms with E-state index in [1.54, 1.807) is 30.3 Å². The highest BCUT2D eigenvalue weighted by Gasteiger charge is 2.16. The lowest BCUT2D eigenvalue weighted by molar-refractivity contribution is -0.116. The van der Waals surface area contributed by atoms with Crippen molar-refractivity contribution in [2.45, 2.75) is 12.8 Å². The number of nitriles is 1. The maximum atomic E-state index is 12.8. The van der Waals surface area contributed by atoms with Gasteiger partial charge in [0.15, 0.2) is 0 Å². The molecule has 6 nitrogen and oxygen atoms in total. The van der Waals surface area contributed by atoms with E-state index < -0.39 is 0 Å². The third-order valence-corrected chi connectivity index (χ3v) is 5.14. The molecule has 3 aromatic rings. The predicted molar refractivity (Wildman–Crippen MR) is 118 cm³/mol. The topological polar surface area (TPSA) is 91.2 Å². The molecule has 1 heterocycles. The molecule has 0 saturated carbocycles. The number of aryl methyl sites for hydroxylation is 1. The van der Waals surface area contributed by atoms with Gasteiger partial charge in [0.25, 0.3) is 5.91 Å². The number of hydrogen-bond donors (Lipinski definition) is 2. The monoisotopic (exact) mass is 411 g/mol. The van der Waals surface area contributed by atoms with Crippen LogP contribution in [0.2, 0.25) is 0 Å². The fourth-order valence-electron chi connectivity index (χ4n) is 3.61. The summed E-state index contributed by atoms with van der Waals surface area (Å²) < 4.78 is 5.77. The zero-order valence-electron chi connectivity index (χ0n) is 16.9. The van der Waals surface area contributed by atoms with Crippen molar-refractivity contribution in [2.24, 2.45) is 0 Å². The zero-order chi connectivity index (χ0) is 21.6. The fraction of sp³-hybridized carbons (Fsp3) is 0.160. The van der Waals surface area contributed by atoms with E-state index in [-0.39, 0.29) is 11.8 Å². The average Bonchev–Trinajstić information content (AvgIpc) is 2.81. The molecule has 1 aliphatic rings. The van der Waals surface area contributed by atoms with Gasteiger partial charge in [0, 0.05) is 23.2 Å². The van der Waals surface area contributed by atoms with Crippen molar-refractivity contribution < 1.29 is 14.3 Å². The van der Waals surface area contributed by atoms with Crippen molar-refractivity contribution in [2.75, 3.05) is 18.5 Å². The second-order valence-electron chi connectivity index (χ2n) is 7.17. The Hall–Kier alpha value is -4.11. The fourth-order valence-corrected chi connectivity index (χ4v) is 3.61. The van der Waals surface area contributed by atoms with Crippen molar-refractivity contribution >= 4 is 17.5 Å². The first-order valence-corrected chi connectivity index (χ1v) is 10.1. The molecule has 154 valence electrons. The minimum atomic E-state index is -0.222. The summed E-state index contributed by atoms with van der Waals surface area (Å²) in [6, 6.07) is 22.2. The molecule has 0 atom stereocenters. The van der Waals surface area contributed by atoms with Gasteiger partial charge in [-0.2, -0.15) is 5.26 Å². The highest BCUT2D eigenvalue weighted by Crippen LogP contribution is 2.28. The molecule has 0 radical (unpaired) electrons. The Morgan fingerprint density at radius 3 is 2.65 bits per heavy atom. The van der Waals surface area contributed by atoms with Gasteiger partial charge in [-0.05, 0) is 47.9 Å². The van der Waals surface area contributed by atoms with Crippen LogP contribution in [0.1, 0.15) is 27.9 Å². The summed E-state index contributed by atoms with van der Waals surface area (Å²) in [7, 11) is 0. The Labute approximate surface area is 180 Å². The zero-order valence-corrected chi connectivity index (χ0v) is 16.9. The van der Waals surface area contributed by atoms with Crippen LogP contribution in [-0.2, 0) is 11.2 Å². The molecule has 6 heteroatoms. The van der Waals surface area contributed by atoms with Crippen LogP contribution in [-0.4, -0.2) is 25.0 Å². The number of ether oxygens (including phenoxy) is 1. The number of carbonyl (C=O) groups excluding carboxylic acids is 2. The Bertz CT molecular complexity index is 1180. The molecule has 2 N–H and O–H groups in total. The van der Waals surface area contributed by atoms with E-state index in [0.29, 0.717) is 42.9 Å². The van der Waals surface area contributed by atoms with Crippen LogP contribution < -0.4 is 15.4 Å². The Kier molecular flexibility index (Phi) is 5.95. The molecule has 0 fully saturated rings. The average molecular weight is 411 g/mol. The van der Waals surface area contributed by atoms with E-state index >= 15 is 0 Å². The number of fused-ring (bicyclic) bond motifs is 1. The lowest BCUT2D eigenvalue weighted by atomic mass is 9.95. The summed E-state index contributed by atoms with van der Waals surface area (Å²) in [5.74, 6) is 0.508. The summed E-state index contributed by atoms with van der Waals surface area (Å²) >= 11 is 0. The molecular weight excluding hydrogens is 390 g/mol. The molecule has 3 aromatic carbocycles.